The van der Waals surface area contributed by atoms with Crippen LogP contribution in [-0.2, 0) is 0 Å². The van der Waals surface area contributed by atoms with Crippen molar-refractivity contribution >= 4 is 0 Å². The van der Waals surface area contributed by atoms with E-state index in [2.05, 4.69) is 30.3 Å². The normalized spacial score (nSPS) is 23.4. The minimum atomic E-state index is -0.258. The van der Waals surface area contributed by atoms with Crippen molar-refractivity contribution in [3.63, 3.8) is 0 Å². The molecule has 0 amide bonds. The summed E-state index contributed by atoms with van der Waals surface area (Å²) >= 11 is 0. The molecule has 2 aliphatic rings. The maximum Gasteiger partial charge on any atom is 0.106 e. The molecule has 0 saturated heterocycles. The molecule has 0 aliphatic heterocycles. The largest absolute Gasteiger partial charge is 0.303 e. The Morgan fingerprint density at radius 1 is 1.35 bits per heavy atom. The molecule has 0 aromatic heterocycles. The molecular weight excluding hydrogens is 210 g/mol. The van der Waals surface area contributed by atoms with Gasteiger partial charge in [0.25, 0.3) is 0 Å². The van der Waals surface area contributed by atoms with Gasteiger partial charge in [0, 0.05) is 12.1 Å². The van der Waals surface area contributed by atoms with Crippen molar-refractivity contribution in [2.24, 2.45) is 0 Å². The molecule has 2 rings (SSSR count). The Morgan fingerprint density at radius 3 is 2.53 bits per heavy atom. The predicted octanol–water partition coefficient (Wildman–Crippen LogP) is 2.29. The predicted molar refractivity (Wildman–Crippen MR) is 69.7 cm³/mol. The quantitative estimate of drug-likeness (QED) is 0.701. The van der Waals surface area contributed by atoms with Crippen molar-refractivity contribution < 1.29 is 0 Å². The van der Waals surface area contributed by atoms with Crippen molar-refractivity contribution in [3.05, 3.63) is 0 Å². The monoisotopic (exact) mass is 235 g/mol. The Labute approximate surface area is 105 Å². The van der Waals surface area contributed by atoms with Crippen LogP contribution in [0.3, 0.4) is 0 Å². The van der Waals surface area contributed by atoms with E-state index >= 15 is 0 Å². The summed E-state index contributed by atoms with van der Waals surface area (Å²) < 4.78 is 0. The lowest BCUT2D eigenvalue weighted by molar-refractivity contribution is 0.286. The lowest BCUT2D eigenvalue weighted by atomic mass is 9.91. The van der Waals surface area contributed by atoms with Crippen molar-refractivity contribution in [2.75, 3.05) is 13.6 Å². The van der Waals surface area contributed by atoms with Crippen LogP contribution in [-0.4, -0.2) is 36.1 Å². The first-order valence-corrected chi connectivity index (χ1v) is 7.08. The van der Waals surface area contributed by atoms with Crippen LogP contribution in [0.4, 0.5) is 0 Å². The molecule has 1 atom stereocenters. The molecule has 0 spiro atoms. The first-order chi connectivity index (χ1) is 8.19. The van der Waals surface area contributed by atoms with Crippen LogP contribution < -0.4 is 5.32 Å². The van der Waals surface area contributed by atoms with Gasteiger partial charge in [-0.05, 0) is 58.5 Å². The van der Waals surface area contributed by atoms with Gasteiger partial charge < -0.3 is 4.90 Å². The van der Waals surface area contributed by atoms with Gasteiger partial charge in [0.05, 0.1) is 6.07 Å². The summed E-state index contributed by atoms with van der Waals surface area (Å²) in [5.41, 5.74) is -0.258. The van der Waals surface area contributed by atoms with Gasteiger partial charge in [-0.1, -0.05) is 6.92 Å². The maximum atomic E-state index is 9.41. The summed E-state index contributed by atoms with van der Waals surface area (Å²) in [5.74, 6) is 0. The lowest BCUT2D eigenvalue weighted by Gasteiger charge is -2.27. The van der Waals surface area contributed by atoms with Gasteiger partial charge in [-0.15, -0.1) is 0 Å². The SMILES string of the molecule is CCC(C#N)(CCCN(C)C1CC1)NC1CC1. The Hall–Kier alpha value is -0.590. The van der Waals surface area contributed by atoms with Gasteiger partial charge in [-0.2, -0.15) is 5.26 Å². The van der Waals surface area contributed by atoms with Crippen molar-refractivity contribution in [1.29, 1.82) is 5.26 Å². The first-order valence-electron chi connectivity index (χ1n) is 7.08. The van der Waals surface area contributed by atoms with Crippen LogP contribution in [0.25, 0.3) is 0 Å². The van der Waals surface area contributed by atoms with Gasteiger partial charge in [0.1, 0.15) is 5.54 Å². The Balaban J connectivity index is 1.73. The third-order valence-electron chi connectivity index (χ3n) is 4.16. The Morgan fingerprint density at radius 2 is 2.06 bits per heavy atom. The Kier molecular flexibility index (Phi) is 4.06. The number of rotatable bonds is 8. The first kappa shape index (κ1) is 12.9. The molecule has 1 unspecified atom stereocenters. The summed E-state index contributed by atoms with van der Waals surface area (Å²) in [6, 6.07) is 3.98. The second-order valence-corrected chi connectivity index (χ2v) is 5.78. The Bertz CT molecular complexity index is 288. The van der Waals surface area contributed by atoms with E-state index < -0.39 is 0 Å². The van der Waals surface area contributed by atoms with Crippen LogP contribution in [0.15, 0.2) is 0 Å². The van der Waals surface area contributed by atoms with Crippen LogP contribution in [0.5, 0.6) is 0 Å². The highest BCUT2D eigenvalue weighted by atomic mass is 15.1. The molecular formula is C14H25N3. The second-order valence-electron chi connectivity index (χ2n) is 5.78. The molecule has 0 heterocycles. The summed E-state index contributed by atoms with van der Waals surface area (Å²) in [5, 5.41) is 13.0. The summed E-state index contributed by atoms with van der Waals surface area (Å²) in [6.45, 7) is 3.27. The van der Waals surface area contributed by atoms with E-state index in [9.17, 15) is 5.26 Å². The van der Waals surface area contributed by atoms with Crippen molar-refractivity contribution in [2.45, 2.75) is 69.5 Å². The highest BCUT2D eigenvalue weighted by Crippen LogP contribution is 2.28. The number of nitrogens with zero attached hydrogens (tertiary/aromatic N) is 2. The smallest absolute Gasteiger partial charge is 0.106 e. The van der Waals surface area contributed by atoms with Crippen molar-refractivity contribution in [1.82, 2.24) is 10.2 Å². The van der Waals surface area contributed by atoms with E-state index in [0.717, 1.165) is 31.8 Å². The van der Waals surface area contributed by atoms with Gasteiger partial charge in [-0.3, -0.25) is 5.32 Å². The van der Waals surface area contributed by atoms with E-state index in [1.807, 2.05) is 0 Å². The molecule has 0 radical (unpaired) electrons. The second kappa shape index (κ2) is 5.37. The van der Waals surface area contributed by atoms with E-state index in [-0.39, 0.29) is 5.54 Å². The molecule has 17 heavy (non-hydrogen) atoms. The minimum absolute atomic E-state index is 0.258. The topological polar surface area (TPSA) is 39.1 Å². The summed E-state index contributed by atoms with van der Waals surface area (Å²) in [7, 11) is 2.21. The zero-order valence-corrected chi connectivity index (χ0v) is 11.2. The fourth-order valence-electron chi connectivity index (χ4n) is 2.46. The van der Waals surface area contributed by atoms with E-state index in [0.29, 0.717) is 6.04 Å². The van der Waals surface area contributed by atoms with Gasteiger partial charge in [0.15, 0.2) is 0 Å². The molecule has 96 valence electrons. The van der Waals surface area contributed by atoms with E-state index in [1.165, 1.54) is 25.7 Å². The molecule has 2 saturated carbocycles. The van der Waals surface area contributed by atoms with Gasteiger partial charge in [0.2, 0.25) is 0 Å². The summed E-state index contributed by atoms with van der Waals surface area (Å²) in [6.07, 6.45) is 8.30. The molecule has 1 N–H and O–H groups in total. The fraction of sp³-hybridized carbons (Fsp3) is 0.929. The van der Waals surface area contributed by atoms with Crippen LogP contribution >= 0.6 is 0 Å². The molecule has 2 aliphatic carbocycles. The minimum Gasteiger partial charge on any atom is -0.303 e. The van der Waals surface area contributed by atoms with Gasteiger partial charge in [-0.25, -0.2) is 0 Å². The number of hydrogen-bond acceptors (Lipinski definition) is 3. The third kappa shape index (κ3) is 3.69. The van der Waals surface area contributed by atoms with Gasteiger partial charge >= 0.3 is 0 Å². The molecule has 3 nitrogen and oxygen atoms in total. The fourth-order valence-corrected chi connectivity index (χ4v) is 2.46. The third-order valence-corrected chi connectivity index (χ3v) is 4.16. The number of hydrogen-bond donors (Lipinski definition) is 1. The summed E-state index contributed by atoms with van der Waals surface area (Å²) in [4.78, 5) is 2.45. The van der Waals surface area contributed by atoms with Crippen LogP contribution in [0.2, 0.25) is 0 Å². The molecule has 0 bridgehead atoms. The zero-order valence-electron chi connectivity index (χ0n) is 11.2. The average Bonchev–Trinajstić information content (AvgIpc) is 3.19. The highest BCUT2D eigenvalue weighted by molar-refractivity contribution is 5.09. The standard InChI is InChI=1S/C14H25N3/c1-3-14(11-15,16-12-5-6-12)9-4-10-17(2)13-7-8-13/h12-13,16H,3-10H2,1-2H3. The maximum absolute atomic E-state index is 9.41. The molecule has 0 aromatic carbocycles. The number of nitriles is 1. The van der Waals surface area contributed by atoms with Crippen molar-refractivity contribution in [3.8, 4) is 6.07 Å². The van der Waals surface area contributed by atoms with Crippen LogP contribution in [0.1, 0.15) is 51.9 Å². The zero-order chi connectivity index (χ0) is 12.3. The van der Waals surface area contributed by atoms with E-state index in [1.54, 1.807) is 0 Å². The molecule has 3 heteroatoms. The number of nitrogens with one attached hydrogen (secondary N) is 1. The average molecular weight is 235 g/mol. The lowest BCUT2D eigenvalue weighted by Crippen LogP contribution is -2.45. The highest BCUT2D eigenvalue weighted by Gasteiger charge is 2.35. The molecule has 0 aromatic rings. The van der Waals surface area contributed by atoms with E-state index in [4.69, 9.17) is 0 Å². The van der Waals surface area contributed by atoms with Crippen LogP contribution in [0, 0.1) is 11.3 Å². The molecule has 2 fully saturated rings.